The maximum absolute atomic E-state index is 14.4. The Labute approximate surface area is 182 Å². The van der Waals surface area contributed by atoms with Crippen molar-refractivity contribution in [1.29, 1.82) is 0 Å². The number of carbonyl (C=O) groups excluding carboxylic acids is 1. The zero-order valence-electron chi connectivity index (χ0n) is 17.6. The van der Waals surface area contributed by atoms with Gasteiger partial charge in [0.15, 0.2) is 0 Å². The molecule has 1 aromatic rings. The minimum absolute atomic E-state index is 0.0145. The van der Waals surface area contributed by atoms with Gasteiger partial charge in [-0.3, -0.25) is 4.79 Å². The molecule has 0 bridgehead atoms. The van der Waals surface area contributed by atoms with Crippen molar-refractivity contribution in [2.75, 3.05) is 0 Å². The van der Waals surface area contributed by atoms with Crippen LogP contribution in [0.25, 0.3) is 0 Å². The Kier molecular flexibility index (Phi) is 10.4. The van der Waals surface area contributed by atoms with E-state index in [-0.39, 0.29) is 22.8 Å². The second-order valence-corrected chi connectivity index (χ2v) is 6.99. The Hall–Kier alpha value is -3.05. The van der Waals surface area contributed by atoms with E-state index in [2.05, 4.69) is 18.5 Å². The summed E-state index contributed by atoms with van der Waals surface area (Å²) in [5, 5.41) is 2.89. The highest BCUT2D eigenvalue weighted by Gasteiger charge is 2.13. The van der Waals surface area contributed by atoms with Gasteiger partial charge < -0.3 is 15.8 Å². The van der Waals surface area contributed by atoms with E-state index in [9.17, 15) is 9.18 Å². The fourth-order valence-electron chi connectivity index (χ4n) is 2.27. The molecule has 0 aliphatic carbocycles. The van der Waals surface area contributed by atoms with E-state index in [4.69, 9.17) is 22.1 Å². The first-order valence-corrected chi connectivity index (χ1v) is 9.80. The van der Waals surface area contributed by atoms with Gasteiger partial charge in [0.1, 0.15) is 17.3 Å². The first kappa shape index (κ1) is 25.0. The third-order valence-corrected chi connectivity index (χ3v) is 4.43. The standard InChI is InChI=1S/C24H28ClFN2O2/c1-6-9-19(8-3)30-20-12-10-18(11-13-20)15-28-24(29)21(17(5)25)14-22(26)23(27)16(4)7-2/h6,8-14H,1,3,7,15,27H2,2,4-5H3,(H,28,29)/b19-9+,21-17-,22-14+,23-16?. The largest absolute Gasteiger partial charge is 0.457 e. The molecule has 0 aliphatic rings. The van der Waals surface area contributed by atoms with Gasteiger partial charge in [-0.15, -0.1) is 0 Å². The van der Waals surface area contributed by atoms with Crippen molar-refractivity contribution in [2.45, 2.75) is 33.7 Å². The molecule has 30 heavy (non-hydrogen) atoms. The molecule has 0 saturated carbocycles. The van der Waals surface area contributed by atoms with Gasteiger partial charge in [-0.25, -0.2) is 4.39 Å². The van der Waals surface area contributed by atoms with Crippen LogP contribution in [-0.2, 0) is 11.3 Å². The zero-order valence-corrected chi connectivity index (χ0v) is 18.4. The second-order valence-electron chi connectivity index (χ2n) is 6.42. The number of ether oxygens (including phenoxy) is 1. The summed E-state index contributed by atoms with van der Waals surface area (Å²) in [6, 6.07) is 7.15. The molecule has 3 N–H and O–H groups in total. The summed E-state index contributed by atoms with van der Waals surface area (Å²) in [5.41, 5.74) is 7.34. The number of benzene rings is 1. The van der Waals surface area contributed by atoms with Crippen LogP contribution in [-0.4, -0.2) is 5.91 Å². The molecule has 0 atom stereocenters. The van der Waals surface area contributed by atoms with Crippen LogP contribution < -0.4 is 15.8 Å². The molecule has 1 rings (SSSR count). The molecule has 0 saturated heterocycles. The molecular formula is C24H28ClFN2O2. The van der Waals surface area contributed by atoms with E-state index in [1.807, 2.05) is 19.1 Å². The van der Waals surface area contributed by atoms with Crippen LogP contribution in [0.2, 0.25) is 0 Å². The number of nitrogens with two attached hydrogens (primary N) is 1. The van der Waals surface area contributed by atoms with Crippen molar-refractivity contribution in [3.63, 3.8) is 0 Å². The van der Waals surface area contributed by atoms with Gasteiger partial charge in [-0.2, -0.15) is 0 Å². The SMILES string of the molecule is C=C/C=C(\C=C)Oc1ccc(CNC(=O)C(/C=C(/F)C(N)=C(C)CC)=C(/C)Cl)cc1. The highest BCUT2D eigenvalue weighted by molar-refractivity contribution is 6.31. The molecule has 160 valence electrons. The van der Waals surface area contributed by atoms with Crippen LogP contribution in [0, 0.1) is 0 Å². The Morgan fingerprint density at radius 3 is 2.40 bits per heavy atom. The lowest BCUT2D eigenvalue weighted by molar-refractivity contribution is -0.117. The van der Waals surface area contributed by atoms with Crippen LogP contribution >= 0.6 is 11.6 Å². The second kappa shape index (κ2) is 12.5. The van der Waals surface area contributed by atoms with Crippen LogP contribution in [0.15, 0.2) is 95.2 Å². The number of allylic oxidation sites excluding steroid dienone is 6. The van der Waals surface area contributed by atoms with Crippen molar-refractivity contribution in [3.05, 3.63) is 101 Å². The Morgan fingerprint density at radius 1 is 1.27 bits per heavy atom. The van der Waals surface area contributed by atoms with Crippen LogP contribution in [0.1, 0.15) is 32.8 Å². The normalized spacial score (nSPS) is 13.8. The molecule has 4 nitrogen and oxygen atoms in total. The van der Waals surface area contributed by atoms with Gasteiger partial charge in [-0.1, -0.05) is 49.9 Å². The Balaban J connectivity index is 2.86. The van der Waals surface area contributed by atoms with Gasteiger partial charge in [0.25, 0.3) is 5.91 Å². The number of carbonyl (C=O) groups is 1. The van der Waals surface area contributed by atoms with Gasteiger partial charge in [0, 0.05) is 11.6 Å². The first-order chi connectivity index (χ1) is 14.2. The molecule has 0 unspecified atom stereocenters. The van der Waals surface area contributed by atoms with Crippen molar-refractivity contribution in [1.82, 2.24) is 5.32 Å². The smallest absolute Gasteiger partial charge is 0.252 e. The summed E-state index contributed by atoms with van der Waals surface area (Å²) in [4.78, 5) is 12.5. The van der Waals surface area contributed by atoms with Gasteiger partial charge in [-0.05, 0) is 61.8 Å². The summed E-state index contributed by atoms with van der Waals surface area (Å²) in [6.07, 6.45) is 6.55. The van der Waals surface area contributed by atoms with E-state index < -0.39 is 11.7 Å². The number of nitrogens with one attached hydrogen (secondary N) is 1. The number of hydrogen-bond donors (Lipinski definition) is 2. The maximum atomic E-state index is 14.4. The molecule has 6 heteroatoms. The summed E-state index contributed by atoms with van der Waals surface area (Å²) in [6.45, 7) is 12.7. The van der Waals surface area contributed by atoms with Gasteiger partial charge in [0.05, 0.1) is 11.3 Å². The molecule has 0 aliphatic heterocycles. The van der Waals surface area contributed by atoms with Crippen molar-refractivity contribution >= 4 is 17.5 Å². The summed E-state index contributed by atoms with van der Waals surface area (Å²) < 4.78 is 20.0. The number of halogens is 2. The lowest BCUT2D eigenvalue weighted by atomic mass is 10.1. The lowest BCUT2D eigenvalue weighted by Gasteiger charge is -2.10. The third-order valence-electron chi connectivity index (χ3n) is 4.23. The van der Waals surface area contributed by atoms with E-state index >= 15 is 0 Å². The van der Waals surface area contributed by atoms with Crippen molar-refractivity contribution in [3.8, 4) is 5.75 Å². The minimum atomic E-state index is -0.688. The zero-order chi connectivity index (χ0) is 22.7. The average molecular weight is 431 g/mol. The van der Waals surface area contributed by atoms with E-state index in [1.54, 1.807) is 37.3 Å². The van der Waals surface area contributed by atoms with Crippen LogP contribution in [0.5, 0.6) is 5.75 Å². The lowest BCUT2D eigenvalue weighted by Crippen LogP contribution is -2.24. The molecule has 0 aromatic heterocycles. The average Bonchev–Trinajstić information content (AvgIpc) is 2.74. The number of rotatable bonds is 10. The highest BCUT2D eigenvalue weighted by Crippen LogP contribution is 2.20. The fourth-order valence-corrected chi connectivity index (χ4v) is 2.41. The highest BCUT2D eigenvalue weighted by atomic mass is 35.5. The Morgan fingerprint density at radius 2 is 1.90 bits per heavy atom. The third kappa shape index (κ3) is 7.76. The minimum Gasteiger partial charge on any atom is -0.457 e. The molecule has 1 aromatic carbocycles. The Bertz CT molecular complexity index is 906. The monoisotopic (exact) mass is 430 g/mol. The van der Waals surface area contributed by atoms with Crippen molar-refractivity contribution in [2.24, 2.45) is 5.73 Å². The molecule has 0 radical (unpaired) electrons. The maximum Gasteiger partial charge on any atom is 0.252 e. The van der Waals surface area contributed by atoms with E-state index in [1.165, 1.54) is 6.92 Å². The van der Waals surface area contributed by atoms with E-state index in [0.717, 1.165) is 11.6 Å². The van der Waals surface area contributed by atoms with Crippen LogP contribution in [0.4, 0.5) is 4.39 Å². The molecule has 0 fully saturated rings. The topological polar surface area (TPSA) is 64.3 Å². The molecular weight excluding hydrogens is 403 g/mol. The first-order valence-electron chi connectivity index (χ1n) is 9.42. The molecule has 0 heterocycles. The molecule has 0 spiro atoms. The summed E-state index contributed by atoms with van der Waals surface area (Å²) in [5.74, 6) is 0.00193. The summed E-state index contributed by atoms with van der Waals surface area (Å²) >= 11 is 6.01. The van der Waals surface area contributed by atoms with E-state index in [0.29, 0.717) is 23.5 Å². The number of hydrogen-bond acceptors (Lipinski definition) is 3. The summed E-state index contributed by atoms with van der Waals surface area (Å²) in [7, 11) is 0. The quantitative estimate of drug-likeness (QED) is 0.274. The van der Waals surface area contributed by atoms with Crippen LogP contribution in [0.3, 0.4) is 0 Å². The fraction of sp³-hybridized carbons (Fsp3) is 0.208. The van der Waals surface area contributed by atoms with Gasteiger partial charge >= 0.3 is 0 Å². The predicted octanol–water partition coefficient (Wildman–Crippen LogP) is 5.95. The van der Waals surface area contributed by atoms with Crippen molar-refractivity contribution < 1.29 is 13.9 Å². The molecule has 1 amide bonds. The number of amides is 1. The van der Waals surface area contributed by atoms with Gasteiger partial charge in [0.2, 0.25) is 0 Å². The predicted molar refractivity (Wildman–Crippen MR) is 122 cm³/mol.